The molecule has 0 aliphatic rings. The van der Waals surface area contributed by atoms with Crippen LogP contribution in [0.2, 0.25) is 0 Å². The van der Waals surface area contributed by atoms with Gasteiger partial charge in [0.05, 0.1) is 6.61 Å². The highest BCUT2D eigenvalue weighted by Gasteiger charge is 2.13. The molecule has 0 aromatic rings. The van der Waals surface area contributed by atoms with Crippen molar-refractivity contribution in [1.82, 2.24) is 5.32 Å². The zero-order valence-corrected chi connectivity index (χ0v) is 8.80. The molecule has 0 spiro atoms. The Morgan fingerprint density at radius 2 is 1.75 bits per heavy atom. The van der Waals surface area contributed by atoms with Gasteiger partial charge in [-0.3, -0.25) is 0 Å². The Morgan fingerprint density at radius 3 is 2.08 bits per heavy atom. The summed E-state index contributed by atoms with van der Waals surface area (Å²) in [6.07, 6.45) is 2.19. The standard InChI is InChI=1S/C10H23NO/c1-5-8(3)9(4)11-10(6-2)7-12/h8-12H,5-7H2,1-4H3/t8-,9-,10-/m1/s1. The zero-order chi connectivity index (χ0) is 9.56. The fraction of sp³-hybridized carbons (Fsp3) is 1.00. The number of nitrogens with one attached hydrogen (secondary N) is 1. The van der Waals surface area contributed by atoms with Crippen molar-refractivity contribution in [2.45, 2.75) is 52.6 Å². The molecule has 12 heavy (non-hydrogen) atoms. The Bertz CT molecular complexity index is 102. The van der Waals surface area contributed by atoms with Crippen LogP contribution in [0.5, 0.6) is 0 Å². The van der Waals surface area contributed by atoms with Crippen LogP contribution in [-0.2, 0) is 0 Å². The van der Waals surface area contributed by atoms with E-state index < -0.39 is 0 Å². The maximum atomic E-state index is 8.97. The van der Waals surface area contributed by atoms with Gasteiger partial charge in [-0.05, 0) is 19.3 Å². The number of aliphatic hydroxyl groups is 1. The first-order valence-corrected chi connectivity index (χ1v) is 5.02. The summed E-state index contributed by atoms with van der Waals surface area (Å²) in [7, 11) is 0. The van der Waals surface area contributed by atoms with Gasteiger partial charge in [0.1, 0.15) is 0 Å². The summed E-state index contributed by atoms with van der Waals surface area (Å²) in [4.78, 5) is 0. The van der Waals surface area contributed by atoms with Crippen molar-refractivity contribution in [2.24, 2.45) is 5.92 Å². The molecule has 2 heteroatoms. The van der Waals surface area contributed by atoms with Crippen LogP contribution in [0.25, 0.3) is 0 Å². The van der Waals surface area contributed by atoms with Crippen molar-refractivity contribution in [1.29, 1.82) is 0 Å². The Morgan fingerprint density at radius 1 is 1.17 bits per heavy atom. The smallest absolute Gasteiger partial charge is 0.0584 e. The summed E-state index contributed by atoms with van der Waals surface area (Å²) in [5.41, 5.74) is 0. The number of hydrogen-bond acceptors (Lipinski definition) is 2. The molecule has 0 aromatic carbocycles. The molecule has 0 saturated heterocycles. The summed E-state index contributed by atoms with van der Waals surface area (Å²) in [6.45, 7) is 8.96. The lowest BCUT2D eigenvalue weighted by Gasteiger charge is -2.24. The van der Waals surface area contributed by atoms with Crippen LogP contribution in [0, 0.1) is 5.92 Å². The molecule has 3 atom stereocenters. The molecule has 0 radical (unpaired) electrons. The van der Waals surface area contributed by atoms with E-state index in [9.17, 15) is 0 Å². The topological polar surface area (TPSA) is 32.3 Å². The minimum atomic E-state index is 0.247. The van der Waals surface area contributed by atoms with Gasteiger partial charge in [0.2, 0.25) is 0 Å². The fourth-order valence-corrected chi connectivity index (χ4v) is 1.19. The van der Waals surface area contributed by atoms with E-state index in [1.807, 2.05) is 0 Å². The number of hydrogen-bond donors (Lipinski definition) is 2. The molecule has 0 aliphatic heterocycles. The molecule has 2 N–H and O–H groups in total. The van der Waals surface area contributed by atoms with Gasteiger partial charge in [-0.2, -0.15) is 0 Å². The number of aliphatic hydroxyl groups excluding tert-OH is 1. The molecule has 0 rings (SSSR count). The highest BCUT2D eigenvalue weighted by Crippen LogP contribution is 2.07. The van der Waals surface area contributed by atoms with Crippen molar-refractivity contribution < 1.29 is 5.11 Å². The van der Waals surface area contributed by atoms with Crippen molar-refractivity contribution >= 4 is 0 Å². The first-order valence-electron chi connectivity index (χ1n) is 5.02. The van der Waals surface area contributed by atoms with Gasteiger partial charge in [0.25, 0.3) is 0 Å². The molecule has 0 amide bonds. The van der Waals surface area contributed by atoms with Gasteiger partial charge in [-0.25, -0.2) is 0 Å². The summed E-state index contributed by atoms with van der Waals surface area (Å²) in [6, 6.07) is 0.779. The van der Waals surface area contributed by atoms with E-state index in [0.29, 0.717) is 12.0 Å². The average molecular weight is 173 g/mol. The van der Waals surface area contributed by atoms with Gasteiger partial charge < -0.3 is 10.4 Å². The van der Waals surface area contributed by atoms with Gasteiger partial charge in [0.15, 0.2) is 0 Å². The molecule has 2 nitrogen and oxygen atoms in total. The lowest BCUT2D eigenvalue weighted by Crippen LogP contribution is -2.41. The highest BCUT2D eigenvalue weighted by molar-refractivity contribution is 4.72. The third-order valence-corrected chi connectivity index (χ3v) is 2.71. The van der Waals surface area contributed by atoms with E-state index in [1.54, 1.807) is 0 Å². The molecular formula is C10H23NO. The third-order valence-electron chi connectivity index (χ3n) is 2.71. The van der Waals surface area contributed by atoms with Crippen LogP contribution in [0.3, 0.4) is 0 Å². The first kappa shape index (κ1) is 11.9. The Balaban J connectivity index is 3.72. The summed E-state index contributed by atoms with van der Waals surface area (Å²) in [5.74, 6) is 0.686. The molecule has 0 aliphatic carbocycles. The van der Waals surface area contributed by atoms with E-state index in [2.05, 4.69) is 33.0 Å². The molecule has 0 saturated carbocycles. The van der Waals surface area contributed by atoms with E-state index in [0.717, 1.165) is 6.42 Å². The monoisotopic (exact) mass is 173 g/mol. The van der Waals surface area contributed by atoms with Crippen LogP contribution >= 0.6 is 0 Å². The van der Waals surface area contributed by atoms with Gasteiger partial charge >= 0.3 is 0 Å². The van der Waals surface area contributed by atoms with E-state index in [4.69, 9.17) is 5.11 Å². The van der Waals surface area contributed by atoms with Crippen molar-refractivity contribution in [3.8, 4) is 0 Å². The average Bonchev–Trinajstić information content (AvgIpc) is 2.12. The Hall–Kier alpha value is -0.0800. The molecule has 0 unspecified atom stereocenters. The van der Waals surface area contributed by atoms with Crippen LogP contribution in [-0.4, -0.2) is 23.8 Å². The minimum absolute atomic E-state index is 0.247. The summed E-state index contributed by atoms with van der Waals surface area (Å²) < 4.78 is 0. The second-order valence-electron chi connectivity index (χ2n) is 3.63. The van der Waals surface area contributed by atoms with Gasteiger partial charge in [-0.1, -0.05) is 27.2 Å². The Kier molecular flexibility index (Phi) is 6.39. The first-order chi connectivity index (χ1) is 5.65. The van der Waals surface area contributed by atoms with Gasteiger partial charge in [-0.15, -0.1) is 0 Å². The maximum Gasteiger partial charge on any atom is 0.0584 e. The summed E-state index contributed by atoms with van der Waals surface area (Å²) in [5, 5.41) is 12.4. The second kappa shape index (κ2) is 6.44. The molecular weight excluding hydrogens is 150 g/mol. The van der Waals surface area contributed by atoms with Crippen LogP contribution in [0.15, 0.2) is 0 Å². The highest BCUT2D eigenvalue weighted by atomic mass is 16.3. The van der Waals surface area contributed by atoms with Crippen molar-refractivity contribution in [2.75, 3.05) is 6.61 Å². The predicted octanol–water partition coefficient (Wildman–Crippen LogP) is 1.78. The zero-order valence-electron chi connectivity index (χ0n) is 8.80. The molecule has 74 valence electrons. The quantitative estimate of drug-likeness (QED) is 0.641. The molecule has 0 fully saturated rings. The molecule has 0 heterocycles. The minimum Gasteiger partial charge on any atom is -0.395 e. The van der Waals surface area contributed by atoms with Crippen molar-refractivity contribution in [3.05, 3.63) is 0 Å². The number of rotatable bonds is 6. The van der Waals surface area contributed by atoms with Crippen LogP contribution in [0.1, 0.15) is 40.5 Å². The van der Waals surface area contributed by atoms with Gasteiger partial charge in [0, 0.05) is 12.1 Å². The largest absolute Gasteiger partial charge is 0.395 e. The van der Waals surface area contributed by atoms with Crippen LogP contribution in [0.4, 0.5) is 0 Å². The molecule has 0 bridgehead atoms. The SMILES string of the molecule is CC[C@H](CO)N[C@H](C)[C@H](C)CC. The van der Waals surface area contributed by atoms with E-state index >= 15 is 0 Å². The molecule has 0 aromatic heterocycles. The van der Waals surface area contributed by atoms with Crippen molar-refractivity contribution in [3.63, 3.8) is 0 Å². The fourth-order valence-electron chi connectivity index (χ4n) is 1.19. The van der Waals surface area contributed by atoms with E-state index in [-0.39, 0.29) is 12.6 Å². The van der Waals surface area contributed by atoms with E-state index in [1.165, 1.54) is 6.42 Å². The normalized spacial score (nSPS) is 18.8. The third kappa shape index (κ3) is 4.07. The lowest BCUT2D eigenvalue weighted by atomic mass is 10.00. The maximum absolute atomic E-state index is 8.97. The summed E-state index contributed by atoms with van der Waals surface area (Å²) >= 11 is 0. The van der Waals surface area contributed by atoms with Crippen LogP contribution < -0.4 is 5.32 Å². The predicted molar refractivity (Wildman–Crippen MR) is 53.2 cm³/mol. The second-order valence-corrected chi connectivity index (χ2v) is 3.63. The lowest BCUT2D eigenvalue weighted by molar-refractivity contribution is 0.216. The Labute approximate surface area is 76.4 Å².